The zero-order valence-electron chi connectivity index (χ0n) is 13.8. The largest absolute Gasteiger partial charge is 0.420 e. The molecule has 0 amide bonds. The van der Waals surface area contributed by atoms with Crippen molar-refractivity contribution >= 4 is 38.7 Å². The molecule has 5 nitrogen and oxygen atoms in total. The van der Waals surface area contributed by atoms with E-state index in [1.54, 1.807) is 11.8 Å². The Morgan fingerprint density at radius 2 is 1.92 bits per heavy atom. The third-order valence-corrected chi connectivity index (χ3v) is 5.48. The highest BCUT2D eigenvalue weighted by Gasteiger charge is 2.14. The SMILES string of the molecule is C=CCn1c(SCc2nnc(-c3ccccc3Br)o2)nc2ccccc21. The van der Waals surface area contributed by atoms with Gasteiger partial charge < -0.3 is 8.98 Å². The van der Waals surface area contributed by atoms with Crippen molar-refractivity contribution in [3.8, 4) is 11.5 Å². The van der Waals surface area contributed by atoms with Crippen molar-refractivity contribution in [1.29, 1.82) is 0 Å². The van der Waals surface area contributed by atoms with Crippen LogP contribution in [0, 0.1) is 0 Å². The Bertz CT molecular complexity index is 1070. The number of rotatable bonds is 6. The van der Waals surface area contributed by atoms with Gasteiger partial charge in [-0.2, -0.15) is 0 Å². The van der Waals surface area contributed by atoms with Gasteiger partial charge >= 0.3 is 0 Å². The molecule has 0 saturated carbocycles. The van der Waals surface area contributed by atoms with E-state index in [2.05, 4.69) is 43.3 Å². The van der Waals surface area contributed by atoms with Crippen molar-refractivity contribution < 1.29 is 4.42 Å². The summed E-state index contributed by atoms with van der Waals surface area (Å²) in [6.07, 6.45) is 1.87. The summed E-state index contributed by atoms with van der Waals surface area (Å²) in [7, 11) is 0. The summed E-state index contributed by atoms with van der Waals surface area (Å²) >= 11 is 5.08. The predicted octanol–water partition coefficient (Wildman–Crippen LogP) is 5.33. The zero-order chi connectivity index (χ0) is 17.9. The number of halogens is 1. The fourth-order valence-corrected chi connectivity index (χ4v) is 3.97. The highest BCUT2D eigenvalue weighted by atomic mass is 79.9. The lowest BCUT2D eigenvalue weighted by molar-refractivity contribution is 0.528. The smallest absolute Gasteiger partial charge is 0.248 e. The first-order valence-corrected chi connectivity index (χ1v) is 9.80. The topological polar surface area (TPSA) is 56.7 Å². The molecule has 0 aliphatic rings. The molecule has 130 valence electrons. The molecule has 7 heteroatoms. The summed E-state index contributed by atoms with van der Waals surface area (Å²) in [6, 6.07) is 15.9. The predicted molar refractivity (Wildman–Crippen MR) is 107 cm³/mol. The average Bonchev–Trinajstić information content (AvgIpc) is 3.26. The first-order valence-electron chi connectivity index (χ1n) is 8.02. The minimum absolute atomic E-state index is 0.507. The summed E-state index contributed by atoms with van der Waals surface area (Å²) in [5.74, 6) is 1.63. The van der Waals surface area contributed by atoms with Crippen LogP contribution >= 0.6 is 27.7 Å². The monoisotopic (exact) mass is 426 g/mol. The van der Waals surface area contributed by atoms with E-state index in [9.17, 15) is 0 Å². The maximum absolute atomic E-state index is 5.82. The average molecular weight is 427 g/mol. The van der Waals surface area contributed by atoms with Crippen molar-refractivity contribution in [3.05, 3.63) is 71.5 Å². The first-order chi connectivity index (χ1) is 12.8. The molecule has 0 fully saturated rings. The van der Waals surface area contributed by atoms with Gasteiger partial charge in [0.15, 0.2) is 5.16 Å². The second kappa shape index (κ2) is 7.47. The summed E-state index contributed by atoms with van der Waals surface area (Å²) in [5.41, 5.74) is 2.95. The van der Waals surface area contributed by atoms with Gasteiger partial charge in [-0.05, 0) is 40.2 Å². The molecule has 0 saturated heterocycles. The van der Waals surface area contributed by atoms with Crippen LogP contribution < -0.4 is 0 Å². The Labute approximate surface area is 163 Å². The number of imidazole rings is 1. The minimum Gasteiger partial charge on any atom is -0.420 e. The van der Waals surface area contributed by atoms with Crippen LogP contribution in [0.1, 0.15) is 5.89 Å². The molecule has 26 heavy (non-hydrogen) atoms. The van der Waals surface area contributed by atoms with Crippen LogP contribution in [0.2, 0.25) is 0 Å². The molecule has 0 unspecified atom stereocenters. The number of fused-ring (bicyclic) bond motifs is 1. The molecule has 2 heterocycles. The molecular weight excluding hydrogens is 412 g/mol. The van der Waals surface area contributed by atoms with Gasteiger partial charge in [-0.1, -0.05) is 42.1 Å². The third kappa shape index (κ3) is 3.32. The van der Waals surface area contributed by atoms with Gasteiger partial charge in [-0.15, -0.1) is 16.8 Å². The lowest BCUT2D eigenvalue weighted by Gasteiger charge is -2.04. The molecule has 2 aromatic heterocycles. The summed E-state index contributed by atoms with van der Waals surface area (Å²) in [5, 5.41) is 9.23. The van der Waals surface area contributed by atoms with Crippen LogP contribution in [0.25, 0.3) is 22.5 Å². The maximum Gasteiger partial charge on any atom is 0.248 e. The Morgan fingerprint density at radius 3 is 2.77 bits per heavy atom. The van der Waals surface area contributed by atoms with Crippen molar-refractivity contribution in [2.24, 2.45) is 0 Å². The van der Waals surface area contributed by atoms with Gasteiger partial charge in [-0.3, -0.25) is 0 Å². The summed E-state index contributed by atoms with van der Waals surface area (Å²) in [6.45, 7) is 4.55. The van der Waals surface area contributed by atoms with E-state index >= 15 is 0 Å². The van der Waals surface area contributed by atoms with Crippen molar-refractivity contribution in [2.45, 2.75) is 17.5 Å². The van der Waals surface area contributed by atoms with E-state index in [1.165, 1.54) is 0 Å². The van der Waals surface area contributed by atoms with Crippen molar-refractivity contribution in [2.75, 3.05) is 0 Å². The normalized spacial score (nSPS) is 11.1. The highest BCUT2D eigenvalue weighted by molar-refractivity contribution is 9.10. The molecule has 0 aliphatic heterocycles. The van der Waals surface area contributed by atoms with Gasteiger partial charge in [0.25, 0.3) is 0 Å². The van der Waals surface area contributed by atoms with Gasteiger partial charge in [-0.25, -0.2) is 4.98 Å². The number of benzene rings is 2. The third-order valence-electron chi connectivity index (χ3n) is 3.83. The number of aromatic nitrogens is 4. The van der Waals surface area contributed by atoms with Crippen LogP contribution in [0.4, 0.5) is 0 Å². The van der Waals surface area contributed by atoms with Crippen molar-refractivity contribution in [1.82, 2.24) is 19.7 Å². The van der Waals surface area contributed by atoms with E-state index in [0.29, 0.717) is 24.1 Å². The fraction of sp³-hybridized carbons (Fsp3) is 0.105. The van der Waals surface area contributed by atoms with Crippen molar-refractivity contribution in [3.63, 3.8) is 0 Å². The van der Waals surface area contributed by atoms with Crippen LogP contribution in [0.15, 0.2) is 75.2 Å². The molecule has 0 bridgehead atoms. The summed E-state index contributed by atoms with van der Waals surface area (Å²) < 4.78 is 8.88. The van der Waals surface area contributed by atoms with E-state index in [0.717, 1.165) is 26.2 Å². The lowest BCUT2D eigenvalue weighted by atomic mass is 10.2. The second-order valence-corrected chi connectivity index (χ2v) is 7.35. The minimum atomic E-state index is 0.507. The molecule has 0 atom stereocenters. The van der Waals surface area contributed by atoms with E-state index in [-0.39, 0.29) is 0 Å². The first kappa shape index (κ1) is 17.1. The molecule has 0 aliphatic carbocycles. The molecule has 4 rings (SSSR count). The number of allylic oxidation sites excluding steroid dienone is 1. The Kier molecular flexibility index (Phi) is 4.90. The van der Waals surface area contributed by atoms with Crippen LogP contribution in [0.3, 0.4) is 0 Å². The van der Waals surface area contributed by atoms with E-state index in [1.807, 2.05) is 48.5 Å². The van der Waals surface area contributed by atoms with E-state index in [4.69, 9.17) is 9.40 Å². The molecule has 0 N–H and O–H groups in total. The highest BCUT2D eigenvalue weighted by Crippen LogP contribution is 2.30. The summed E-state index contributed by atoms with van der Waals surface area (Å²) in [4.78, 5) is 4.71. The van der Waals surface area contributed by atoms with Gasteiger partial charge in [0, 0.05) is 11.0 Å². The van der Waals surface area contributed by atoms with Crippen LogP contribution in [-0.2, 0) is 12.3 Å². The Hall–Kier alpha value is -2.38. The van der Waals surface area contributed by atoms with E-state index < -0.39 is 0 Å². The molecule has 0 radical (unpaired) electrons. The lowest BCUT2D eigenvalue weighted by Crippen LogP contribution is -1.97. The molecule has 4 aromatic rings. The Morgan fingerprint density at radius 1 is 1.12 bits per heavy atom. The second-order valence-electron chi connectivity index (χ2n) is 5.55. The number of para-hydroxylation sites is 2. The van der Waals surface area contributed by atoms with Gasteiger partial charge in [0.1, 0.15) is 0 Å². The molecular formula is C19H15BrN4OS. The number of hydrogen-bond donors (Lipinski definition) is 0. The standard InChI is InChI=1S/C19H15BrN4OS/c1-2-11-24-16-10-6-5-9-15(16)21-19(24)26-12-17-22-23-18(25-17)13-7-3-4-8-14(13)20/h2-10H,1,11-12H2. The number of thioether (sulfide) groups is 1. The zero-order valence-corrected chi connectivity index (χ0v) is 16.2. The Balaban J connectivity index is 1.57. The van der Waals surface area contributed by atoms with Crippen LogP contribution in [0.5, 0.6) is 0 Å². The number of nitrogens with zero attached hydrogens (tertiary/aromatic N) is 4. The van der Waals surface area contributed by atoms with Gasteiger partial charge in [0.2, 0.25) is 11.8 Å². The van der Waals surface area contributed by atoms with Gasteiger partial charge in [0.05, 0.1) is 22.3 Å². The van der Waals surface area contributed by atoms with Crippen LogP contribution in [-0.4, -0.2) is 19.7 Å². The maximum atomic E-state index is 5.82. The number of hydrogen-bond acceptors (Lipinski definition) is 5. The molecule has 0 spiro atoms. The quantitative estimate of drug-likeness (QED) is 0.308. The molecule has 2 aromatic carbocycles. The fourth-order valence-electron chi connectivity index (χ4n) is 2.65.